The summed E-state index contributed by atoms with van der Waals surface area (Å²) in [6, 6.07) is 9.46. The highest BCUT2D eigenvalue weighted by molar-refractivity contribution is 5.94. The van der Waals surface area contributed by atoms with E-state index in [1.54, 1.807) is 13.2 Å². The lowest BCUT2D eigenvalue weighted by Gasteiger charge is -2.04. The zero-order valence-corrected chi connectivity index (χ0v) is 10.9. The van der Waals surface area contributed by atoms with Gasteiger partial charge < -0.3 is 15.4 Å². The predicted molar refractivity (Wildman–Crippen MR) is 73.4 cm³/mol. The summed E-state index contributed by atoms with van der Waals surface area (Å²) in [5.41, 5.74) is 0.933. The number of carbonyl (C=O) groups is 2. The maximum absolute atomic E-state index is 11.4. The average molecular weight is 262 g/mol. The quantitative estimate of drug-likeness (QED) is 0.558. The second kappa shape index (κ2) is 8.88. The number of rotatable bonds is 7. The second-order valence-corrected chi connectivity index (χ2v) is 3.80. The fraction of sp³-hybridized carbons (Fsp3) is 0.286. The molecule has 0 spiro atoms. The van der Waals surface area contributed by atoms with Gasteiger partial charge in [0, 0.05) is 19.7 Å². The Kier molecular flexibility index (Phi) is 6.97. The Balaban J connectivity index is 2.24. The maximum atomic E-state index is 11.4. The molecule has 0 bridgehead atoms. The minimum atomic E-state index is -0.300. The van der Waals surface area contributed by atoms with Crippen molar-refractivity contribution in [1.82, 2.24) is 10.6 Å². The fourth-order valence-corrected chi connectivity index (χ4v) is 1.32. The van der Waals surface area contributed by atoms with E-state index in [0.29, 0.717) is 13.2 Å². The third-order valence-corrected chi connectivity index (χ3v) is 2.28. The van der Waals surface area contributed by atoms with Gasteiger partial charge in [0.05, 0.1) is 13.2 Å². The predicted octanol–water partition coefficient (Wildman–Crippen LogP) is 0.579. The first kappa shape index (κ1) is 14.9. The second-order valence-electron chi connectivity index (χ2n) is 3.80. The van der Waals surface area contributed by atoms with Crippen LogP contribution < -0.4 is 10.6 Å². The molecule has 2 N–H and O–H groups in total. The van der Waals surface area contributed by atoms with Gasteiger partial charge >= 0.3 is 0 Å². The molecule has 1 rings (SSSR count). The van der Waals surface area contributed by atoms with Crippen LogP contribution in [0.3, 0.4) is 0 Å². The Hall–Kier alpha value is -2.14. The number of hydrogen-bond acceptors (Lipinski definition) is 3. The van der Waals surface area contributed by atoms with Crippen molar-refractivity contribution in [3.63, 3.8) is 0 Å². The lowest BCUT2D eigenvalue weighted by Crippen LogP contribution is -2.37. The van der Waals surface area contributed by atoms with Gasteiger partial charge in [0.15, 0.2) is 0 Å². The highest BCUT2D eigenvalue weighted by Gasteiger charge is 2.01. The summed E-state index contributed by atoms with van der Waals surface area (Å²) < 4.78 is 4.79. The monoisotopic (exact) mass is 262 g/mol. The number of nitrogens with one attached hydrogen (secondary N) is 2. The Morgan fingerprint density at radius 3 is 2.63 bits per heavy atom. The Labute approximate surface area is 112 Å². The van der Waals surface area contributed by atoms with Gasteiger partial charge in [-0.05, 0) is 11.6 Å². The molecule has 0 saturated carbocycles. The highest BCUT2D eigenvalue weighted by atomic mass is 16.5. The summed E-state index contributed by atoms with van der Waals surface area (Å²) in [5, 5.41) is 5.11. The van der Waals surface area contributed by atoms with Crippen LogP contribution in [0.4, 0.5) is 0 Å². The SMILES string of the molecule is COCCNC(=O)CNC(=O)/C=C/c1ccccc1. The maximum Gasteiger partial charge on any atom is 0.244 e. The zero-order chi connectivity index (χ0) is 13.9. The van der Waals surface area contributed by atoms with Crippen LogP contribution in [0.25, 0.3) is 6.08 Å². The molecular weight excluding hydrogens is 244 g/mol. The number of methoxy groups -OCH3 is 1. The van der Waals surface area contributed by atoms with E-state index in [9.17, 15) is 9.59 Å². The smallest absolute Gasteiger partial charge is 0.244 e. The molecule has 0 unspecified atom stereocenters. The van der Waals surface area contributed by atoms with Crippen LogP contribution in [0, 0.1) is 0 Å². The lowest BCUT2D eigenvalue weighted by atomic mass is 10.2. The first-order valence-electron chi connectivity index (χ1n) is 5.99. The number of amides is 2. The Bertz CT molecular complexity index is 430. The van der Waals surface area contributed by atoms with Gasteiger partial charge in [-0.2, -0.15) is 0 Å². The van der Waals surface area contributed by atoms with Gasteiger partial charge in [-0.25, -0.2) is 0 Å². The van der Waals surface area contributed by atoms with Crippen molar-refractivity contribution in [3.8, 4) is 0 Å². The van der Waals surface area contributed by atoms with Crippen LogP contribution in [-0.2, 0) is 14.3 Å². The average Bonchev–Trinajstić information content (AvgIpc) is 2.44. The molecule has 102 valence electrons. The molecule has 0 aromatic heterocycles. The van der Waals surface area contributed by atoms with E-state index in [4.69, 9.17) is 4.74 Å². The molecule has 0 aliphatic carbocycles. The van der Waals surface area contributed by atoms with Crippen molar-refractivity contribution in [2.24, 2.45) is 0 Å². The summed E-state index contributed by atoms with van der Waals surface area (Å²) >= 11 is 0. The van der Waals surface area contributed by atoms with Crippen LogP contribution in [0.1, 0.15) is 5.56 Å². The van der Waals surface area contributed by atoms with Crippen molar-refractivity contribution in [2.75, 3.05) is 26.8 Å². The Morgan fingerprint density at radius 1 is 1.21 bits per heavy atom. The van der Waals surface area contributed by atoms with E-state index < -0.39 is 0 Å². The van der Waals surface area contributed by atoms with Gasteiger partial charge in [-0.3, -0.25) is 9.59 Å². The summed E-state index contributed by atoms with van der Waals surface area (Å²) in [7, 11) is 1.56. The molecule has 0 aliphatic heterocycles. The largest absolute Gasteiger partial charge is 0.383 e. The molecule has 0 atom stereocenters. The molecule has 5 nitrogen and oxygen atoms in total. The van der Waals surface area contributed by atoms with Gasteiger partial charge in [-0.1, -0.05) is 30.3 Å². The van der Waals surface area contributed by atoms with Crippen LogP contribution in [0.5, 0.6) is 0 Å². The summed E-state index contributed by atoms with van der Waals surface area (Å²) in [6.07, 6.45) is 3.09. The van der Waals surface area contributed by atoms with Crippen molar-refractivity contribution in [3.05, 3.63) is 42.0 Å². The van der Waals surface area contributed by atoms with Gasteiger partial charge in [0.2, 0.25) is 11.8 Å². The summed E-state index contributed by atoms with van der Waals surface area (Å²) in [4.78, 5) is 22.7. The van der Waals surface area contributed by atoms with Crippen molar-refractivity contribution < 1.29 is 14.3 Å². The van der Waals surface area contributed by atoms with Crippen molar-refractivity contribution in [1.29, 1.82) is 0 Å². The molecule has 0 heterocycles. The zero-order valence-electron chi connectivity index (χ0n) is 10.9. The van der Waals surface area contributed by atoms with E-state index in [1.165, 1.54) is 6.08 Å². The van der Waals surface area contributed by atoms with Crippen molar-refractivity contribution >= 4 is 17.9 Å². The van der Waals surface area contributed by atoms with E-state index >= 15 is 0 Å². The van der Waals surface area contributed by atoms with E-state index in [-0.39, 0.29) is 18.4 Å². The van der Waals surface area contributed by atoms with E-state index in [0.717, 1.165) is 5.56 Å². The number of carbonyl (C=O) groups excluding carboxylic acids is 2. The molecule has 1 aromatic carbocycles. The summed E-state index contributed by atoms with van der Waals surface area (Å²) in [6.45, 7) is 0.848. The standard InChI is InChI=1S/C14H18N2O3/c1-19-10-9-15-14(18)11-16-13(17)8-7-12-5-3-2-4-6-12/h2-8H,9-11H2,1H3,(H,15,18)(H,16,17)/b8-7+. The van der Waals surface area contributed by atoms with E-state index in [2.05, 4.69) is 10.6 Å². The third kappa shape index (κ3) is 7.00. The molecule has 0 radical (unpaired) electrons. The first-order valence-corrected chi connectivity index (χ1v) is 5.99. The van der Waals surface area contributed by atoms with Crippen LogP contribution in [-0.4, -0.2) is 38.6 Å². The molecule has 2 amide bonds. The number of hydrogen-bond donors (Lipinski definition) is 2. The van der Waals surface area contributed by atoms with E-state index in [1.807, 2.05) is 30.3 Å². The number of benzene rings is 1. The molecular formula is C14H18N2O3. The van der Waals surface area contributed by atoms with Gasteiger partial charge in [0.1, 0.15) is 0 Å². The topological polar surface area (TPSA) is 67.4 Å². The van der Waals surface area contributed by atoms with Crippen LogP contribution >= 0.6 is 0 Å². The number of ether oxygens (including phenoxy) is 1. The van der Waals surface area contributed by atoms with Crippen molar-refractivity contribution in [2.45, 2.75) is 0 Å². The first-order chi connectivity index (χ1) is 9.22. The summed E-state index contributed by atoms with van der Waals surface area (Å²) in [5.74, 6) is -0.538. The highest BCUT2D eigenvalue weighted by Crippen LogP contribution is 2.00. The minimum Gasteiger partial charge on any atom is -0.383 e. The van der Waals surface area contributed by atoms with Gasteiger partial charge in [-0.15, -0.1) is 0 Å². The molecule has 0 saturated heterocycles. The molecule has 1 aromatic rings. The van der Waals surface area contributed by atoms with Gasteiger partial charge in [0.25, 0.3) is 0 Å². The molecule has 19 heavy (non-hydrogen) atoms. The molecule has 0 fully saturated rings. The molecule has 0 aliphatic rings. The fourth-order valence-electron chi connectivity index (χ4n) is 1.32. The van der Waals surface area contributed by atoms with Crippen LogP contribution in [0.15, 0.2) is 36.4 Å². The minimum absolute atomic E-state index is 0.0400. The molecule has 5 heteroatoms. The lowest BCUT2D eigenvalue weighted by molar-refractivity contribution is -0.124. The van der Waals surface area contributed by atoms with Crippen LogP contribution in [0.2, 0.25) is 0 Å². The normalized spacial score (nSPS) is 10.4. The third-order valence-electron chi connectivity index (χ3n) is 2.28. The Morgan fingerprint density at radius 2 is 1.95 bits per heavy atom.